The number of hydrogen-bond acceptors (Lipinski definition) is 12. The Labute approximate surface area is 438 Å². The average molecular weight is 1170 g/mol. The Morgan fingerprint density at radius 2 is 1.06 bits per heavy atom. The van der Waals surface area contributed by atoms with E-state index in [4.69, 9.17) is 97.4 Å². The summed E-state index contributed by atoms with van der Waals surface area (Å²) in [5.41, 5.74) is -2.78. The Morgan fingerprint density at radius 3 is 1.44 bits per heavy atom. The van der Waals surface area contributed by atoms with Crippen LogP contribution in [0.4, 0.5) is 26.3 Å². The van der Waals surface area contributed by atoms with Gasteiger partial charge in [0.05, 0.1) is 21.2 Å². The van der Waals surface area contributed by atoms with Gasteiger partial charge in [0.2, 0.25) is 6.49 Å². The number of alkyl halides is 6. The van der Waals surface area contributed by atoms with Crippen LogP contribution >= 0.6 is 69.8 Å². The SMILES string of the molecule is C.CP(=S)(Cl)OCC(F)(F)F.Cc1cc(Cl)cc(Cl)c1C1=C(O)C2(CCC3(CCCO3)CC2)OC1=O.Cc1cc(Cl)cc(Cl)c1C1=C(OP(C)(=S)OCC(F)(F)F)C2(CCC3(CCCO3)CC2)OC1=O. The summed E-state index contributed by atoms with van der Waals surface area (Å²) in [4.78, 5) is 25.8. The van der Waals surface area contributed by atoms with E-state index in [0.29, 0.717) is 76.9 Å². The van der Waals surface area contributed by atoms with E-state index in [9.17, 15) is 41.0 Å². The first-order valence-corrected chi connectivity index (χ1v) is 30.3. The number of aliphatic hydroxyl groups excluding tert-OH is 1. The summed E-state index contributed by atoms with van der Waals surface area (Å²) in [5.74, 6) is -1.10. The van der Waals surface area contributed by atoms with E-state index in [2.05, 4.69) is 16.3 Å². The first-order valence-electron chi connectivity index (χ1n) is 21.6. The molecule has 2 aromatic carbocycles. The molecule has 6 aliphatic rings. The van der Waals surface area contributed by atoms with E-state index in [1.807, 2.05) is 6.92 Å². The molecule has 0 amide bonds. The normalized spacial score (nSPS) is 28.2. The predicted molar refractivity (Wildman–Crippen MR) is 267 cm³/mol. The zero-order valence-corrected chi connectivity index (χ0v) is 44.8. The monoisotopic (exact) mass is 1170 g/mol. The van der Waals surface area contributed by atoms with Crippen molar-refractivity contribution in [2.45, 2.75) is 133 Å². The lowest BCUT2D eigenvalue weighted by molar-refractivity contribution is -0.157. The molecule has 4 heterocycles. The molecule has 0 radical (unpaired) electrons. The first-order chi connectivity index (χ1) is 31.8. The fourth-order valence-electron chi connectivity index (χ4n) is 9.56. The standard InChI is InChI=1S/C22H24Cl2F3O5PS.C19H20Cl2O4.C3H5ClF3OPS.CH4/c1-13-10-14(23)11-15(24)16(13)17-18(32-33(2,34)30-12-22(25,26)27)21(31-19(17)28)7-5-20(6-8-21)4-3-9-29-20;1-11-9-12(20)10-13(21)14(11)15-16(22)19(25-17(15)23)6-4-18(5-7-19)3-2-8-24-18;1-9(4,10)8-2-3(5,6)7;/h10-11H,3-9,12H2,1-2H3;9-10,22H,2-8H2,1H3;2H2,1H3;1H4. The number of aliphatic hydroxyl groups is 1. The van der Waals surface area contributed by atoms with E-state index in [1.165, 1.54) is 19.4 Å². The maximum absolute atomic E-state index is 13.2. The molecule has 25 heteroatoms. The predicted octanol–water partition coefficient (Wildman–Crippen LogP) is 15.3. The lowest BCUT2D eigenvalue weighted by atomic mass is 9.73. The third kappa shape index (κ3) is 14.3. The van der Waals surface area contributed by atoms with E-state index in [0.717, 1.165) is 50.7 Å². The number of halogens is 11. The highest BCUT2D eigenvalue weighted by Gasteiger charge is 2.57. The molecule has 4 aliphatic heterocycles. The third-order valence-corrected chi connectivity index (χ3v) is 16.7. The Bertz CT molecular complexity index is 2420. The summed E-state index contributed by atoms with van der Waals surface area (Å²) in [7, 11) is 0. The maximum atomic E-state index is 13.2. The minimum Gasteiger partial charge on any atom is -0.507 e. The van der Waals surface area contributed by atoms with Crippen molar-refractivity contribution < 1.29 is 73.6 Å². The molecule has 2 atom stereocenters. The van der Waals surface area contributed by atoms with Crippen molar-refractivity contribution in [3.8, 4) is 0 Å². The van der Waals surface area contributed by atoms with Gasteiger partial charge in [-0.15, -0.1) is 0 Å². The molecule has 1 N–H and O–H groups in total. The van der Waals surface area contributed by atoms with Gasteiger partial charge < -0.3 is 37.6 Å². The summed E-state index contributed by atoms with van der Waals surface area (Å²) >= 11 is 39.9. The smallest absolute Gasteiger partial charge is 0.412 e. The Morgan fingerprint density at radius 1 is 0.657 bits per heavy atom. The van der Waals surface area contributed by atoms with Crippen LogP contribution in [0.2, 0.25) is 20.1 Å². The van der Waals surface area contributed by atoms with E-state index in [-0.39, 0.29) is 46.3 Å². The fourth-order valence-corrected chi connectivity index (χ4v) is 13.0. The van der Waals surface area contributed by atoms with Crippen molar-refractivity contribution in [3.05, 3.63) is 78.1 Å². The highest BCUT2D eigenvalue weighted by Crippen LogP contribution is 2.59. The molecule has 4 spiro atoms. The molecule has 392 valence electrons. The molecule has 2 saturated heterocycles. The van der Waals surface area contributed by atoms with Gasteiger partial charge in [0.1, 0.15) is 23.4 Å². The molecule has 10 nitrogen and oxygen atoms in total. The van der Waals surface area contributed by atoms with Crippen LogP contribution in [0.25, 0.3) is 11.1 Å². The van der Waals surface area contributed by atoms with Gasteiger partial charge in [0, 0.05) is 47.7 Å². The Balaban J connectivity index is 0.000000222. The maximum Gasteiger partial charge on any atom is 0.412 e. The van der Waals surface area contributed by atoms with Crippen LogP contribution in [0.3, 0.4) is 0 Å². The molecule has 2 unspecified atom stereocenters. The number of benzene rings is 2. The second-order valence-corrected chi connectivity index (χ2v) is 30.1. The summed E-state index contributed by atoms with van der Waals surface area (Å²) in [5, 5.41) is 12.3. The van der Waals surface area contributed by atoms with Gasteiger partial charge >= 0.3 is 24.3 Å². The van der Waals surface area contributed by atoms with Crippen LogP contribution < -0.4 is 0 Å². The lowest BCUT2D eigenvalue weighted by Gasteiger charge is -2.42. The van der Waals surface area contributed by atoms with Crippen molar-refractivity contribution in [1.29, 1.82) is 0 Å². The number of carbonyl (C=O) groups is 2. The zero-order valence-electron chi connectivity index (χ0n) is 37.6. The van der Waals surface area contributed by atoms with Crippen molar-refractivity contribution in [3.63, 3.8) is 0 Å². The quantitative estimate of drug-likeness (QED) is 0.154. The number of esters is 2. The minimum absolute atomic E-state index is 0. The number of aryl methyl sites for hydroxylation is 2. The van der Waals surface area contributed by atoms with Gasteiger partial charge in [0.15, 0.2) is 29.3 Å². The molecule has 2 aromatic rings. The average Bonchev–Trinajstić information content (AvgIpc) is 3.99. The van der Waals surface area contributed by atoms with Gasteiger partial charge in [-0.3, -0.25) is 0 Å². The summed E-state index contributed by atoms with van der Waals surface area (Å²) < 4.78 is 111. The van der Waals surface area contributed by atoms with Crippen LogP contribution in [0.5, 0.6) is 0 Å². The molecule has 8 rings (SSSR count). The second-order valence-electron chi connectivity index (χ2n) is 18.0. The number of ether oxygens (including phenoxy) is 4. The molecule has 2 saturated carbocycles. The topological polar surface area (TPSA) is 119 Å². The van der Waals surface area contributed by atoms with Gasteiger partial charge in [-0.05, 0) is 138 Å². The third-order valence-electron chi connectivity index (χ3n) is 12.8. The van der Waals surface area contributed by atoms with Gasteiger partial charge in [0.25, 0.3) is 0 Å². The number of rotatable bonds is 8. The highest BCUT2D eigenvalue weighted by molar-refractivity contribution is 8.24. The molecule has 70 heavy (non-hydrogen) atoms. The van der Waals surface area contributed by atoms with Crippen molar-refractivity contribution in [2.24, 2.45) is 0 Å². The Kier molecular flexibility index (Phi) is 19.1. The van der Waals surface area contributed by atoms with E-state index in [1.54, 1.807) is 25.1 Å². The molecule has 0 bridgehead atoms. The largest absolute Gasteiger partial charge is 0.507 e. The Hall–Kier alpha value is -1.37. The lowest BCUT2D eigenvalue weighted by Crippen LogP contribution is -2.44. The summed E-state index contributed by atoms with van der Waals surface area (Å²) in [6.07, 6.45) is -0.241. The van der Waals surface area contributed by atoms with Crippen LogP contribution in [0, 0.1) is 13.8 Å². The van der Waals surface area contributed by atoms with Crippen LogP contribution in [-0.2, 0) is 65.7 Å². The second kappa shape index (κ2) is 22.5. The van der Waals surface area contributed by atoms with E-state index >= 15 is 0 Å². The number of hydrogen-bond donors (Lipinski definition) is 1. The minimum atomic E-state index is -4.58. The fraction of sp³-hybridized carbons (Fsp3) is 0.600. The van der Waals surface area contributed by atoms with Gasteiger partial charge in [-0.1, -0.05) is 76.9 Å². The van der Waals surface area contributed by atoms with Crippen LogP contribution in [0.15, 0.2) is 35.8 Å². The van der Waals surface area contributed by atoms with Gasteiger partial charge in [-0.25, -0.2) is 9.59 Å². The molecular weight excluding hydrogens is 1120 g/mol. The van der Waals surface area contributed by atoms with Crippen molar-refractivity contribution >= 4 is 116 Å². The number of carbonyl (C=O) groups excluding carboxylic acids is 2. The van der Waals surface area contributed by atoms with E-state index < -0.39 is 60.8 Å². The molecular formula is C45H53Cl5F6O10P2S2. The molecule has 2 aliphatic carbocycles. The summed E-state index contributed by atoms with van der Waals surface area (Å²) in [6, 6.07) is 6.42. The van der Waals surface area contributed by atoms with Crippen LogP contribution in [0.1, 0.15) is 107 Å². The highest BCUT2D eigenvalue weighted by atomic mass is 35.7. The van der Waals surface area contributed by atoms with Crippen molar-refractivity contribution in [2.75, 3.05) is 39.8 Å². The molecule has 4 fully saturated rings. The van der Waals surface area contributed by atoms with Crippen molar-refractivity contribution in [1.82, 2.24) is 0 Å². The first kappa shape index (κ1) is 59.5. The van der Waals surface area contributed by atoms with Gasteiger partial charge in [-0.2, -0.15) is 26.3 Å². The van der Waals surface area contributed by atoms with Crippen LogP contribution in [-0.4, -0.2) is 91.6 Å². The zero-order chi connectivity index (χ0) is 51.2. The summed E-state index contributed by atoms with van der Waals surface area (Å²) in [6.45, 7) is 1.21. The molecule has 0 aromatic heterocycles.